The molecule has 0 bridgehead atoms. The molecule has 1 aromatic heterocycles. The summed E-state index contributed by atoms with van der Waals surface area (Å²) in [7, 11) is 1.03. The van der Waals surface area contributed by atoms with Crippen molar-refractivity contribution in [2.45, 2.75) is 6.18 Å². The summed E-state index contributed by atoms with van der Waals surface area (Å²) in [5, 5.41) is -0.0498. The van der Waals surface area contributed by atoms with E-state index in [1.807, 2.05) is 0 Å². The lowest BCUT2D eigenvalue weighted by Gasteiger charge is -2.18. The van der Waals surface area contributed by atoms with Crippen molar-refractivity contribution in [2.24, 2.45) is 0 Å². The highest BCUT2D eigenvalue weighted by molar-refractivity contribution is 6.29. The monoisotopic (exact) mass is 253 g/mol. The normalized spacial score (nSPS) is 11.3. The van der Waals surface area contributed by atoms with E-state index in [1.54, 1.807) is 0 Å². The van der Waals surface area contributed by atoms with Gasteiger partial charge < -0.3 is 4.90 Å². The van der Waals surface area contributed by atoms with Crippen molar-refractivity contribution in [3.05, 3.63) is 23.2 Å². The van der Waals surface area contributed by atoms with Crippen LogP contribution >= 0.6 is 11.6 Å². The van der Waals surface area contributed by atoms with Gasteiger partial charge in [-0.05, 0) is 0 Å². The molecule has 0 saturated heterocycles. The predicted octanol–water partition coefficient (Wildman–Crippen LogP) is 1.76. The van der Waals surface area contributed by atoms with E-state index in [9.17, 15) is 18.0 Å². The number of carbonyl (C=O) groups is 1. The molecule has 1 amide bonds. The third kappa shape index (κ3) is 3.65. The zero-order valence-corrected chi connectivity index (χ0v) is 8.88. The quantitative estimate of drug-likeness (QED) is 0.807. The van der Waals surface area contributed by atoms with Crippen LogP contribution in [-0.2, 0) is 0 Å². The van der Waals surface area contributed by atoms with Gasteiger partial charge in [-0.15, -0.1) is 0 Å². The predicted molar refractivity (Wildman–Crippen MR) is 50.1 cm³/mol. The number of aromatic nitrogens is 2. The largest absolute Gasteiger partial charge is 0.406 e. The fourth-order valence-corrected chi connectivity index (χ4v) is 1.13. The molecular formula is C8H7ClF3N3O. The number of nitrogens with zero attached hydrogens (tertiary/aromatic N) is 3. The first kappa shape index (κ1) is 12.7. The van der Waals surface area contributed by atoms with Gasteiger partial charge in [-0.3, -0.25) is 9.78 Å². The number of rotatable bonds is 2. The van der Waals surface area contributed by atoms with Gasteiger partial charge in [0.2, 0.25) is 0 Å². The Morgan fingerprint density at radius 1 is 1.50 bits per heavy atom. The fraction of sp³-hybridized carbons (Fsp3) is 0.375. The van der Waals surface area contributed by atoms with Crippen molar-refractivity contribution in [3.63, 3.8) is 0 Å². The Hall–Kier alpha value is -1.37. The van der Waals surface area contributed by atoms with Gasteiger partial charge in [0.05, 0.1) is 12.4 Å². The van der Waals surface area contributed by atoms with Crippen LogP contribution in [0.2, 0.25) is 5.15 Å². The van der Waals surface area contributed by atoms with Gasteiger partial charge in [-0.1, -0.05) is 11.6 Å². The Morgan fingerprint density at radius 2 is 2.12 bits per heavy atom. The van der Waals surface area contributed by atoms with E-state index >= 15 is 0 Å². The maximum absolute atomic E-state index is 12.0. The number of amides is 1. The van der Waals surface area contributed by atoms with Crippen LogP contribution in [0.4, 0.5) is 13.2 Å². The molecule has 4 nitrogen and oxygen atoms in total. The summed E-state index contributed by atoms with van der Waals surface area (Å²) in [5.41, 5.74) is -0.223. The minimum Gasteiger partial charge on any atom is -0.331 e. The van der Waals surface area contributed by atoms with Gasteiger partial charge in [0.15, 0.2) is 0 Å². The van der Waals surface area contributed by atoms with Crippen LogP contribution < -0.4 is 0 Å². The summed E-state index contributed by atoms with van der Waals surface area (Å²) in [5.74, 6) is -0.882. The lowest BCUT2D eigenvalue weighted by atomic mass is 10.4. The molecule has 0 aliphatic carbocycles. The van der Waals surface area contributed by atoms with Crippen molar-refractivity contribution in [1.82, 2.24) is 14.9 Å². The van der Waals surface area contributed by atoms with Crippen LogP contribution in [0.3, 0.4) is 0 Å². The Balaban J connectivity index is 2.78. The molecule has 0 unspecified atom stereocenters. The second kappa shape index (κ2) is 4.65. The molecule has 0 atom stereocenters. The van der Waals surface area contributed by atoms with Gasteiger partial charge in [0.25, 0.3) is 5.91 Å². The maximum atomic E-state index is 12.0. The summed E-state index contributed by atoms with van der Waals surface area (Å²) in [6.45, 7) is -1.35. The van der Waals surface area contributed by atoms with Crippen LogP contribution in [0, 0.1) is 0 Å². The van der Waals surface area contributed by atoms with Gasteiger partial charge in [0.1, 0.15) is 17.4 Å². The highest BCUT2D eigenvalue weighted by Crippen LogP contribution is 2.16. The second-order valence-electron chi connectivity index (χ2n) is 3.00. The zero-order valence-electron chi connectivity index (χ0n) is 8.12. The first-order valence-corrected chi connectivity index (χ1v) is 4.47. The molecule has 1 aromatic rings. The number of alkyl halides is 3. The maximum Gasteiger partial charge on any atom is 0.406 e. The van der Waals surface area contributed by atoms with Crippen molar-refractivity contribution < 1.29 is 18.0 Å². The average Bonchev–Trinajstić information content (AvgIpc) is 2.14. The van der Waals surface area contributed by atoms with Crippen molar-refractivity contribution in [3.8, 4) is 0 Å². The minimum atomic E-state index is -4.45. The summed E-state index contributed by atoms with van der Waals surface area (Å²) in [4.78, 5) is 19.1. The SMILES string of the molecule is CN(CC(F)(F)F)C(=O)c1cncc(Cl)n1. The third-order valence-electron chi connectivity index (χ3n) is 1.59. The topological polar surface area (TPSA) is 46.1 Å². The molecular weight excluding hydrogens is 247 g/mol. The Kier molecular flexibility index (Phi) is 3.69. The third-order valence-corrected chi connectivity index (χ3v) is 1.77. The summed E-state index contributed by atoms with van der Waals surface area (Å²) in [6.07, 6.45) is -2.21. The number of carbonyl (C=O) groups excluding carboxylic acids is 1. The molecule has 16 heavy (non-hydrogen) atoms. The van der Waals surface area contributed by atoms with Crippen molar-refractivity contribution in [2.75, 3.05) is 13.6 Å². The van der Waals surface area contributed by atoms with Crippen LogP contribution in [-0.4, -0.2) is 40.5 Å². The van der Waals surface area contributed by atoms with E-state index in [0.717, 1.165) is 13.2 Å². The fourth-order valence-electron chi connectivity index (χ4n) is 0.981. The van der Waals surface area contributed by atoms with E-state index in [2.05, 4.69) is 9.97 Å². The second-order valence-corrected chi connectivity index (χ2v) is 3.39. The molecule has 1 rings (SSSR count). The highest BCUT2D eigenvalue weighted by Gasteiger charge is 2.31. The van der Waals surface area contributed by atoms with Crippen molar-refractivity contribution in [1.29, 1.82) is 0 Å². The van der Waals surface area contributed by atoms with Crippen LogP contribution in [0.25, 0.3) is 0 Å². The zero-order chi connectivity index (χ0) is 12.3. The Labute approximate surface area is 94.1 Å². The lowest BCUT2D eigenvalue weighted by Crippen LogP contribution is -2.36. The number of hydrogen-bond donors (Lipinski definition) is 0. The summed E-state index contributed by atoms with van der Waals surface area (Å²) in [6, 6.07) is 0. The van der Waals surface area contributed by atoms with E-state index in [0.29, 0.717) is 4.90 Å². The molecule has 0 aliphatic heterocycles. The molecule has 0 N–H and O–H groups in total. The smallest absolute Gasteiger partial charge is 0.331 e. The molecule has 0 spiro atoms. The molecule has 1 heterocycles. The minimum absolute atomic E-state index is 0.0498. The van der Waals surface area contributed by atoms with Gasteiger partial charge >= 0.3 is 6.18 Å². The average molecular weight is 254 g/mol. The van der Waals surface area contributed by atoms with E-state index in [1.165, 1.54) is 6.20 Å². The molecule has 0 saturated carbocycles. The molecule has 0 aliphatic rings. The van der Waals surface area contributed by atoms with Crippen LogP contribution in [0.1, 0.15) is 10.5 Å². The Bertz CT molecular complexity index is 396. The molecule has 0 radical (unpaired) electrons. The molecule has 0 fully saturated rings. The summed E-state index contributed by atoms with van der Waals surface area (Å²) >= 11 is 5.46. The van der Waals surface area contributed by atoms with Gasteiger partial charge in [0, 0.05) is 7.05 Å². The van der Waals surface area contributed by atoms with Crippen molar-refractivity contribution >= 4 is 17.5 Å². The molecule has 8 heteroatoms. The van der Waals surface area contributed by atoms with Gasteiger partial charge in [-0.25, -0.2) is 4.98 Å². The van der Waals surface area contributed by atoms with E-state index in [-0.39, 0.29) is 10.8 Å². The summed E-state index contributed by atoms with van der Waals surface area (Å²) < 4.78 is 36.0. The first-order valence-electron chi connectivity index (χ1n) is 4.09. The lowest BCUT2D eigenvalue weighted by molar-refractivity contribution is -0.138. The van der Waals surface area contributed by atoms with Gasteiger partial charge in [-0.2, -0.15) is 13.2 Å². The first-order chi connectivity index (χ1) is 7.29. The molecule has 88 valence electrons. The van der Waals surface area contributed by atoms with Crippen LogP contribution in [0.15, 0.2) is 12.4 Å². The van der Waals surface area contributed by atoms with E-state index < -0.39 is 18.6 Å². The highest BCUT2D eigenvalue weighted by atomic mass is 35.5. The standard InChI is InChI=1S/C8H7ClF3N3O/c1-15(4-8(10,11)12)7(16)5-2-13-3-6(9)14-5/h2-3H,4H2,1H3. The van der Waals surface area contributed by atoms with E-state index in [4.69, 9.17) is 11.6 Å². The number of hydrogen-bond acceptors (Lipinski definition) is 3. The molecule has 0 aromatic carbocycles. The van der Waals surface area contributed by atoms with Crippen LogP contribution in [0.5, 0.6) is 0 Å². The Morgan fingerprint density at radius 3 is 2.62 bits per heavy atom. The number of halogens is 4.